The first kappa shape index (κ1) is 15.8. The lowest BCUT2D eigenvalue weighted by atomic mass is 9.96. The molecule has 0 unspecified atom stereocenters. The molecule has 118 valence electrons. The van der Waals surface area contributed by atoms with Crippen molar-refractivity contribution in [2.75, 3.05) is 14.2 Å². The van der Waals surface area contributed by atoms with Gasteiger partial charge in [0.25, 0.3) is 0 Å². The Morgan fingerprint density at radius 3 is 2.41 bits per heavy atom. The van der Waals surface area contributed by atoms with Gasteiger partial charge in [-0.2, -0.15) is 0 Å². The Morgan fingerprint density at radius 1 is 1.27 bits per heavy atom. The highest BCUT2D eigenvalue weighted by Gasteiger charge is 2.26. The minimum absolute atomic E-state index is 0.152. The fourth-order valence-corrected chi connectivity index (χ4v) is 1.99. The predicted octanol–water partition coefficient (Wildman–Crippen LogP) is 3.26. The molecular weight excluding hydrogens is 293 g/mol. The molecule has 0 bridgehead atoms. The summed E-state index contributed by atoms with van der Waals surface area (Å²) in [7, 11) is 2.86. The third kappa shape index (κ3) is 2.88. The third-order valence-corrected chi connectivity index (χ3v) is 3.16. The molecule has 6 nitrogen and oxygen atoms in total. The average Bonchev–Trinajstić information content (AvgIpc) is 2.94. The Kier molecular flexibility index (Phi) is 4.07. The van der Waals surface area contributed by atoms with Crippen LogP contribution in [-0.2, 0) is 5.67 Å². The maximum absolute atomic E-state index is 14.3. The van der Waals surface area contributed by atoms with E-state index in [4.69, 9.17) is 19.1 Å². The molecule has 0 spiro atoms. The van der Waals surface area contributed by atoms with Crippen molar-refractivity contribution in [3.8, 4) is 22.8 Å². The van der Waals surface area contributed by atoms with Crippen LogP contribution in [0.2, 0.25) is 0 Å². The molecule has 1 aromatic carbocycles. The molecule has 0 saturated heterocycles. The highest BCUT2D eigenvalue weighted by atomic mass is 19.1. The lowest BCUT2D eigenvalue weighted by Crippen LogP contribution is -2.10. The zero-order valence-electron chi connectivity index (χ0n) is 12.6. The van der Waals surface area contributed by atoms with Crippen molar-refractivity contribution >= 4 is 5.97 Å². The molecule has 2 aromatic rings. The van der Waals surface area contributed by atoms with Gasteiger partial charge in [0.2, 0.25) is 0 Å². The van der Waals surface area contributed by atoms with Crippen molar-refractivity contribution in [2.45, 2.75) is 19.5 Å². The molecule has 0 fully saturated rings. The van der Waals surface area contributed by atoms with Gasteiger partial charge in [-0.05, 0) is 31.5 Å². The van der Waals surface area contributed by atoms with Crippen LogP contribution in [0, 0.1) is 0 Å². The van der Waals surface area contributed by atoms with Crippen molar-refractivity contribution in [3.05, 3.63) is 29.5 Å². The molecule has 0 aliphatic carbocycles. The van der Waals surface area contributed by atoms with Crippen molar-refractivity contribution in [2.24, 2.45) is 0 Å². The normalized spacial score (nSPS) is 11.3. The number of halogens is 1. The number of hydrogen-bond acceptors (Lipinski definition) is 5. The number of alkyl halides is 1. The fourth-order valence-electron chi connectivity index (χ4n) is 1.99. The number of nitrogens with zero attached hydrogens (tertiary/aromatic N) is 1. The maximum Gasteiger partial charge on any atom is 0.358 e. The van der Waals surface area contributed by atoms with Crippen LogP contribution in [0.4, 0.5) is 4.39 Å². The van der Waals surface area contributed by atoms with E-state index in [1.165, 1.54) is 46.3 Å². The van der Waals surface area contributed by atoms with Crippen LogP contribution >= 0.6 is 0 Å². The summed E-state index contributed by atoms with van der Waals surface area (Å²) in [5.41, 5.74) is -1.17. The van der Waals surface area contributed by atoms with E-state index in [0.29, 0.717) is 22.6 Å². The molecule has 0 aliphatic heterocycles. The Morgan fingerprint density at radius 2 is 1.95 bits per heavy atom. The highest BCUT2D eigenvalue weighted by molar-refractivity contribution is 5.87. The van der Waals surface area contributed by atoms with Crippen LogP contribution in [0.5, 0.6) is 11.5 Å². The van der Waals surface area contributed by atoms with Gasteiger partial charge in [-0.25, -0.2) is 9.18 Å². The monoisotopic (exact) mass is 309 g/mol. The molecule has 7 heteroatoms. The SMILES string of the molecule is COc1cc(C(C)(C)F)cc(-c2cc(C(=O)O)no2)c1OC. The van der Waals surface area contributed by atoms with E-state index in [2.05, 4.69) is 5.16 Å². The van der Waals surface area contributed by atoms with Crippen LogP contribution in [0.25, 0.3) is 11.3 Å². The quantitative estimate of drug-likeness (QED) is 0.913. The van der Waals surface area contributed by atoms with Gasteiger partial charge in [0, 0.05) is 6.07 Å². The average molecular weight is 309 g/mol. The summed E-state index contributed by atoms with van der Waals surface area (Å²) in [5.74, 6) is -0.445. The molecule has 1 N–H and O–H groups in total. The number of aromatic carboxylic acids is 1. The van der Waals surface area contributed by atoms with E-state index in [1.807, 2.05) is 0 Å². The minimum atomic E-state index is -1.62. The van der Waals surface area contributed by atoms with Crippen molar-refractivity contribution in [1.29, 1.82) is 0 Å². The molecule has 0 amide bonds. The number of carboxylic acid groups (broad SMARTS) is 1. The summed E-state index contributed by atoms with van der Waals surface area (Å²) in [6.45, 7) is 2.81. The van der Waals surface area contributed by atoms with Gasteiger partial charge in [0.1, 0.15) is 5.67 Å². The topological polar surface area (TPSA) is 81.8 Å². The lowest BCUT2D eigenvalue weighted by Gasteiger charge is -2.19. The van der Waals surface area contributed by atoms with E-state index in [1.54, 1.807) is 0 Å². The van der Waals surface area contributed by atoms with Gasteiger partial charge in [-0.15, -0.1) is 0 Å². The Balaban J connectivity index is 2.68. The standard InChI is InChI=1S/C15H16FNO5/c1-15(2,16)8-5-9(13(21-4)12(6-8)20-3)11-7-10(14(18)19)17-22-11/h5-7H,1-4H3,(H,18,19). The van der Waals surface area contributed by atoms with E-state index in [9.17, 15) is 9.18 Å². The predicted molar refractivity (Wildman–Crippen MR) is 76.1 cm³/mol. The van der Waals surface area contributed by atoms with Gasteiger partial charge >= 0.3 is 5.97 Å². The van der Waals surface area contributed by atoms with Crippen LogP contribution in [-0.4, -0.2) is 30.5 Å². The molecular formula is C15H16FNO5. The highest BCUT2D eigenvalue weighted by Crippen LogP contribution is 2.42. The number of benzene rings is 1. The van der Waals surface area contributed by atoms with Crippen LogP contribution < -0.4 is 9.47 Å². The fraction of sp³-hybridized carbons (Fsp3) is 0.333. The molecule has 0 aliphatic rings. The Hall–Kier alpha value is -2.57. The summed E-state index contributed by atoms with van der Waals surface area (Å²) in [6, 6.07) is 4.29. The second-order valence-corrected chi connectivity index (χ2v) is 5.11. The molecule has 22 heavy (non-hydrogen) atoms. The number of rotatable bonds is 5. The summed E-state index contributed by atoms with van der Waals surface area (Å²) < 4.78 is 29.8. The number of ether oxygens (including phenoxy) is 2. The largest absolute Gasteiger partial charge is 0.493 e. The second kappa shape index (κ2) is 5.67. The molecule has 0 radical (unpaired) electrons. The number of aromatic nitrogens is 1. The van der Waals surface area contributed by atoms with Gasteiger partial charge in [0.05, 0.1) is 19.8 Å². The van der Waals surface area contributed by atoms with Crippen LogP contribution in [0.3, 0.4) is 0 Å². The summed E-state index contributed by atoms with van der Waals surface area (Å²) in [6.07, 6.45) is 0. The summed E-state index contributed by atoms with van der Waals surface area (Å²) >= 11 is 0. The summed E-state index contributed by atoms with van der Waals surface area (Å²) in [5, 5.41) is 12.4. The number of carboxylic acids is 1. The Bertz CT molecular complexity index is 702. The first-order chi connectivity index (χ1) is 10.3. The first-order valence-electron chi connectivity index (χ1n) is 6.43. The zero-order chi connectivity index (χ0) is 16.5. The second-order valence-electron chi connectivity index (χ2n) is 5.11. The van der Waals surface area contributed by atoms with Crippen molar-refractivity contribution < 1.29 is 28.3 Å². The van der Waals surface area contributed by atoms with Crippen LogP contribution in [0.1, 0.15) is 29.9 Å². The molecule has 1 heterocycles. The molecule has 2 rings (SSSR count). The van der Waals surface area contributed by atoms with Crippen molar-refractivity contribution in [1.82, 2.24) is 5.16 Å². The molecule has 0 saturated carbocycles. The van der Waals surface area contributed by atoms with E-state index in [0.717, 1.165) is 0 Å². The van der Waals surface area contributed by atoms with E-state index < -0.39 is 11.6 Å². The molecule has 0 atom stereocenters. The molecule has 1 aromatic heterocycles. The van der Waals surface area contributed by atoms with Gasteiger partial charge in [-0.1, -0.05) is 5.16 Å². The van der Waals surface area contributed by atoms with E-state index >= 15 is 0 Å². The van der Waals surface area contributed by atoms with Gasteiger partial charge < -0.3 is 19.1 Å². The van der Waals surface area contributed by atoms with Crippen molar-refractivity contribution in [3.63, 3.8) is 0 Å². The zero-order valence-corrected chi connectivity index (χ0v) is 12.6. The number of methoxy groups -OCH3 is 2. The smallest absolute Gasteiger partial charge is 0.358 e. The number of hydrogen-bond donors (Lipinski definition) is 1. The minimum Gasteiger partial charge on any atom is -0.493 e. The first-order valence-corrected chi connectivity index (χ1v) is 6.43. The summed E-state index contributed by atoms with van der Waals surface area (Å²) in [4.78, 5) is 10.9. The number of carbonyl (C=O) groups is 1. The van der Waals surface area contributed by atoms with E-state index in [-0.39, 0.29) is 11.5 Å². The van der Waals surface area contributed by atoms with Gasteiger partial charge in [-0.3, -0.25) is 0 Å². The lowest BCUT2D eigenvalue weighted by molar-refractivity contribution is 0.0686. The third-order valence-electron chi connectivity index (χ3n) is 3.16. The van der Waals surface area contributed by atoms with Gasteiger partial charge in [0.15, 0.2) is 23.0 Å². The van der Waals surface area contributed by atoms with Crippen LogP contribution in [0.15, 0.2) is 22.7 Å². The maximum atomic E-state index is 14.3. The Labute approximate surface area is 126 Å².